The second-order valence-corrected chi connectivity index (χ2v) is 10.6. The SMILES string of the molecule is CCCCOC(=O)NC(=N)c1ccc2cc(C(=O)Nc3cccc(N4CCCC4)c3)n(Cc3ccc(C(N)=O)cc3)c2c1. The van der Waals surface area contributed by atoms with E-state index >= 15 is 0 Å². The van der Waals surface area contributed by atoms with Crippen LogP contribution in [-0.4, -0.2) is 48.0 Å². The third-order valence-corrected chi connectivity index (χ3v) is 7.54. The monoisotopic (exact) mass is 580 g/mol. The standard InChI is InChI=1S/C33H36N6O4/c1-2-3-17-43-33(42)37-30(34)25-14-13-24-18-29(32(41)36-26-7-6-8-27(20-26)38-15-4-5-16-38)39(28(24)19-25)21-22-9-11-23(12-10-22)31(35)40/h6-14,18-20H,2-5,15-17,21H2,1H3,(H2,35,40)(H,36,41)(H2,34,37,42). The summed E-state index contributed by atoms with van der Waals surface area (Å²) in [5.74, 6) is -0.900. The van der Waals surface area contributed by atoms with Crippen LogP contribution in [0.5, 0.6) is 0 Å². The molecular formula is C33H36N6O4. The lowest BCUT2D eigenvalue weighted by Gasteiger charge is -2.18. The number of nitrogens with one attached hydrogen (secondary N) is 3. The smallest absolute Gasteiger partial charge is 0.412 e. The number of unbranched alkanes of at least 4 members (excludes halogenated alkanes) is 1. The summed E-state index contributed by atoms with van der Waals surface area (Å²) in [5, 5.41) is 14.8. The first-order chi connectivity index (χ1) is 20.8. The molecule has 1 saturated heterocycles. The van der Waals surface area contributed by atoms with Gasteiger partial charge in [-0.2, -0.15) is 0 Å². The minimum absolute atomic E-state index is 0.105. The van der Waals surface area contributed by atoms with E-state index in [1.165, 1.54) is 0 Å². The van der Waals surface area contributed by atoms with Gasteiger partial charge < -0.3 is 25.3 Å². The van der Waals surface area contributed by atoms with Gasteiger partial charge in [0.05, 0.1) is 6.61 Å². The number of alkyl carbamates (subject to hydrolysis) is 1. The number of hydrogen-bond donors (Lipinski definition) is 4. The Morgan fingerprint density at radius 1 is 0.953 bits per heavy atom. The van der Waals surface area contributed by atoms with Gasteiger partial charge in [-0.1, -0.05) is 43.7 Å². The van der Waals surface area contributed by atoms with Crippen LogP contribution >= 0.6 is 0 Å². The third kappa shape index (κ3) is 7.03. The topological polar surface area (TPSA) is 143 Å². The molecule has 5 N–H and O–H groups in total. The molecule has 1 aliphatic heterocycles. The van der Waals surface area contributed by atoms with E-state index in [-0.39, 0.29) is 18.3 Å². The molecule has 4 aromatic rings. The first kappa shape index (κ1) is 29.4. The zero-order valence-electron chi connectivity index (χ0n) is 24.2. The van der Waals surface area contributed by atoms with Gasteiger partial charge in [0.1, 0.15) is 11.5 Å². The van der Waals surface area contributed by atoms with E-state index < -0.39 is 12.0 Å². The fourth-order valence-corrected chi connectivity index (χ4v) is 5.20. The van der Waals surface area contributed by atoms with Gasteiger partial charge in [0, 0.05) is 53.0 Å². The Kier molecular flexibility index (Phi) is 9.05. The van der Waals surface area contributed by atoms with Crippen molar-refractivity contribution < 1.29 is 19.1 Å². The predicted octanol–water partition coefficient (Wildman–Crippen LogP) is 5.49. The number of benzene rings is 3. The Balaban J connectivity index is 1.46. The number of carbonyl (C=O) groups excluding carboxylic acids is 3. The van der Waals surface area contributed by atoms with Crippen molar-refractivity contribution in [1.29, 1.82) is 5.41 Å². The largest absolute Gasteiger partial charge is 0.449 e. The molecule has 1 aromatic heterocycles. The van der Waals surface area contributed by atoms with Crippen molar-refractivity contribution in [2.45, 2.75) is 39.2 Å². The molecule has 43 heavy (non-hydrogen) atoms. The normalized spacial score (nSPS) is 12.7. The number of amides is 3. The quantitative estimate of drug-likeness (QED) is 0.111. The van der Waals surface area contributed by atoms with E-state index in [2.05, 4.69) is 21.6 Å². The number of amidine groups is 1. The number of rotatable bonds is 10. The molecule has 0 aliphatic carbocycles. The molecule has 0 saturated carbocycles. The summed E-state index contributed by atoms with van der Waals surface area (Å²) >= 11 is 0. The zero-order chi connectivity index (χ0) is 30.3. The molecule has 1 aliphatic rings. The first-order valence-corrected chi connectivity index (χ1v) is 14.5. The summed E-state index contributed by atoms with van der Waals surface area (Å²) in [7, 11) is 0. The van der Waals surface area contributed by atoms with E-state index in [1.54, 1.807) is 36.4 Å². The molecule has 10 heteroatoms. The summed E-state index contributed by atoms with van der Waals surface area (Å²) in [6, 6.07) is 21.9. The van der Waals surface area contributed by atoms with Gasteiger partial charge in [0.25, 0.3) is 5.91 Å². The lowest BCUT2D eigenvalue weighted by atomic mass is 10.1. The van der Waals surface area contributed by atoms with Crippen LogP contribution < -0.4 is 21.3 Å². The van der Waals surface area contributed by atoms with Gasteiger partial charge >= 0.3 is 6.09 Å². The molecule has 10 nitrogen and oxygen atoms in total. The Morgan fingerprint density at radius 3 is 2.42 bits per heavy atom. The van der Waals surface area contributed by atoms with Crippen LogP contribution in [0.2, 0.25) is 0 Å². The van der Waals surface area contributed by atoms with Crippen molar-refractivity contribution in [3.05, 3.63) is 95.2 Å². The number of carbonyl (C=O) groups is 3. The van der Waals surface area contributed by atoms with Crippen LogP contribution in [0, 0.1) is 5.41 Å². The van der Waals surface area contributed by atoms with Crippen molar-refractivity contribution in [2.75, 3.05) is 29.9 Å². The Labute approximate surface area is 250 Å². The number of hydrogen-bond acceptors (Lipinski definition) is 6. The van der Waals surface area contributed by atoms with Crippen molar-refractivity contribution >= 4 is 46.0 Å². The highest BCUT2D eigenvalue weighted by Gasteiger charge is 2.19. The van der Waals surface area contributed by atoms with Crippen LogP contribution in [-0.2, 0) is 11.3 Å². The lowest BCUT2D eigenvalue weighted by molar-refractivity contribution is 0.0996. The fourth-order valence-electron chi connectivity index (χ4n) is 5.20. The predicted molar refractivity (Wildman–Crippen MR) is 168 cm³/mol. The molecule has 0 unspecified atom stereocenters. The van der Waals surface area contributed by atoms with E-state index in [0.717, 1.165) is 55.4 Å². The first-order valence-electron chi connectivity index (χ1n) is 14.5. The lowest BCUT2D eigenvalue weighted by Crippen LogP contribution is -2.31. The summed E-state index contributed by atoms with van der Waals surface area (Å²) in [4.78, 5) is 39.8. The molecule has 0 radical (unpaired) electrons. The van der Waals surface area contributed by atoms with E-state index in [1.807, 2.05) is 41.8 Å². The molecule has 3 aromatic carbocycles. The maximum atomic E-state index is 13.7. The van der Waals surface area contributed by atoms with Crippen molar-refractivity contribution in [3.63, 3.8) is 0 Å². The van der Waals surface area contributed by atoms with Crippen molar-refractivity contribution in [3.8, 4) is 0 Å². The number of anilines is 2. The van der Waals surface area contributed by atoms with Crippen LogP contribution in [0.25, 0.3) is 10.9 Å². The Hall–Kier alpha value is -5.12. The molecule has 0 spiro atoms. The van der Waals surface area contributed by atoms with Crippen molar-refractivity contribution in [2.24, 2.45) is 5.73 Å². The summed E-state index contributed by atoms with van der Waals surface area (Å²) in [5.41, 5.74) is 10.0. The number of primary amides is 1. The van der Waals surface area contributed by atoms with Crippen LogP contribution in [0.1, 0.15) is 64.6 Å². The highest BCUT2D eigenvalue weighted by molar-refractivity contribution is 6.09. The number of ether oxygens (including phenoxy) is 1. The molecule has 5 rings (SSSR count). The fraction of sp³-hybridized carbons (Fsp3) is 0.273. The van der Waals surface area contributed by atoms with E-state index in [9.17, 15) is 14.4 Å². The second-order valence-electron chi connectivity index (χ2n) is 10.6. The number of nitrogens with zero attached hydrogens (tertiary/aromatic N) is 2. The van der Waals surface area contributed by atoms with Crippen LogP contribution in [0.4, 0.5) is 16.2 Å². The maximum Gasteiger partial charge on any atom is 0.412 e. The minimum Gasteiger partial charge on any atom is -0.449 e. The average Bonchev–Trinajstić information content (AvgIpc) is 3.66. The molecule has 2 heterocycles. The van der Waals surface area contributed by atoms with Gasteiger partial charge in [-0.25, -0.2) is 4.79 Å². The van der Waals surface area contributed by atoms with Gasteiger partial charge in [-0.3, -0.25) is 20.3 Å². The summed E-state index contributed by atoms with van der Waals surface area (Å²) < 4.78 is 7.01. The molecule has 0 bridgehead atoms. The maximum absolute atomic E-state index is 13.7. The number of nitrogens with two attached hydrogens (primary N) is 1. The third-order valence-electron chi connectivity index (χ3n) is 7.54. The number of fused-ring (bicyclic) bond motifs is 1. The van der Waals surface area contributed by atoms with Gasteiger partial charge in [-0.05, 0) is 67.3 Å². The molecule has 222 valence electrons. The summed E-state index contributed by atoms with van der Waals surface area (Å²) in [6.45, 7) is 4.61. The highest BCUT2D eigenvalue weighted by Crippen LogP contribution is 2.26. The van der Waals surface area contributed by atoms with E-state index in [0.29, 0.717) is 34.6 Å². The zero-order valence-corrected chi connectivity index (χ0v) is 24.2. The Morgan fingerprint density at radius 2 is 1.70 bits per heavy atom. The second kappa shape index (κ2) is 13.2. The van der Waals surface area contributed by atoms with Gasteiger partial charge in [0.2, 0.25) is 5.91 Å². The molecular weight excluding hydrogens is 544 g/mol. The summed E-state index contributed by atoms with van der Waals surface area (Å²) in [6.07, 6.45) is 3.27. The Bertz CT molecular complexity index is 1650. The number of aromatic nitrogens is 1. The molecule has 0 atom stereocenters. The van der Waals surface area contributed by atoms with Gasteiger partial charge in [0.15, 0.2) is 0 Å². The minimum atomic E-state index is -0.681. The molecule has 3 amide bonds. The van der Waals surface area contributed by atoms with Crippen molar-refractivity contribution in [1.82, 2.24) is 9.88 Å². The molecule has 1 fully saturated rings. The average molecular weight is 581 g/mol. The van der Waals surface area contributed by atoms with Crippen LogP contribution in [0.15, 0.2) is 72.8 Å². The van der Waals surface area contributed by atoms with Crippen LogP contribution in [0.3, 0.4) is 0 Å². The van der Waals surface area contributed by atoms with E-state index in [4.69, 9.17) is 15.9 Å². The highest BCUT2D eigenvalue weighted by atomic mass is 16.5. The van der Waals surface area contributed by atoms with Gasteiger partial charge in [-0.15, -0.1) is 0 Å².